The van der Waals surface area contributed by atoms with Gasteiger partial charge >= 0.3 is 18.1 Å². The molecule has 1 saturated carbocycles. The van der Waals surface area contributed by atoms with Gasteiger partial charge in [0.25, 0.3) is 0 Å². The minimum atomic E-state index is -5.05. The van der Waals surface area contributed by atoms with E-state index in [0.717, 1.165) is 25.7 Å². The Balaban J connectivity index is 1.51. The predicted octanol–water partition coefficient (Wildman–Crippen LogP) is 4.51. The number of halogens is 3. The maximum Gasteiger partial charge on any atom is 0.471 e. The number of para-hydroxylation sites is 1. The topological polar surface area (TPSA) is 95.1 Å². The van der Waals surface area contributed by atoms with E-state index in [9.17, 15) is 27.6 Å². The molecule has 1 unspecified atom stereocenters. The number of aromatic nitrogens is 1. The molecule has 12 heteroatoms. The number of carbonyl (C=O) groups excluding carboxylic acids is 3. The van der Waals surface area contributed by atoms with Gasteiger partial charge in [-0.1, -0.05) is 31.0 Å². The molecule has 1 aromatic carbocycles. The molecule has 2 heterocycles. The van der Waals surface area contributed by atoms with Crippen LogP contribution >= 0.6 is 0 Å². The van der Waals surface area contributed by atoms with Crippen molar-refractivity contribution >= 4 is 29.4 Å². The summed E-state index contributed by atoms with van der Waals surface area (Å²) in [6.07, 6.45) is 0.536. The molecule has 2 aliphatic rings. The molecule has 1 aliphatic heterocycles. The van der Waals surface area contributed by atoms with E-state index in [-0.39, 0.29) is 37.4 Å². The highest BCUT2D eigenvalue weighted by molar-refractivity contribution is 5.98. The zero-order chi connectivity index (χ0) is 27.3. The maximum absolute atomic E-state index is 13.6. The van der Waals surface area contributed by atoms with E-state index >= 15 is 0 Å². The van der Waals surface area contributed by atoms with Crippen molar-refractivity contribution in [1.82, 2.24) is 14.9 Å². The molecule has 1 saturated heterocycles. The first-order valence-electron chi connectivity index (χ1n) is 12.5. The molecular formula is C26H30F3N5O4. The van der Waals surface area contributed by atoms with E-state index in [1.54, 1.807) is 29.2 Å². The van der Waals surface area contributed by atoms with Crippen molar-refractivity contribution in [2.24, 2.45) is 0 Å². The number of likely N-dealkylation sites (tertiary alicyclic amines) is 1. The Labute approximate surface area is 218 Å². The van der Waals surface area contributed by atoms with Gasteiger partial charge in [-0.25, -0.2) is 14.8 Å². The molecule has 2 aromatic rings. The number of carbonyl (C=O) groups is 3. The second-order valence-corrected chi connectivity index (χ2v) is 9.34. The third-order valence-corrected chi connectivity index (χ3v) is 6.82. The molecule has 2 fully saturated rings. The van der Waals surface area contributed by atoms with Gasteiger partial charge in [-0.3, -0.25) is 19.3 Å². The summed E-state index contributed by atoms with van der Waals surface area (Å²) in [5.41, 5.74) is 1.27. The van der Waals surface area contributed by atoms with E-state index in [1.807, 2.05) is 18.2 Å². The number of alkyl halides is 3. The molecule has 0 radical (unpaired) electrons. The number of hydroxylamine groups is 2. The second-order valence-electron chi connectivity index (χ2n) is 9.34. The second kappa shape index (κ2) is 11.8. The maximum atomic E-state index is 13.6. The number of benzene rings is 1. The van der Waals surface area contributed by atoms with E-state index in [0.29, 0.717) is 22.6 Å². The standard InChI is InChI=1S/C26H30F3N5O4/c1-38-34(20-10-5-6-11-20)25(37)33(19-8-3-2-4-9-19)17-18-13-14-30-22(16-18)31-23(35)21-12-7-15-32(21)24(36)26(27,28)29/h2-4,8-9,13-14,16,20-21H,5-7,10-12,15,17H2,1H3,(H,30,31,35). The van der Waals surface area contributed by atoms with Crippen LogP contribution in [0.5, 0.6) is 0 Å². The minimum absolute atomic E-state index is 0.0280. The first kappa shape index (κ1) is 27.4. The van der Waals surface area contributed by atoms with Crippen molar-refractivity contribution in [3.05, 3.63) is 54.2 Å². The Morgan fingerprint density at radius 2 is 1.79 bits per heavy atom. The number of hydrogen-bond donors (Lipinski definition) is 1. The van der Waals surface area contributed by atoms with Gasteiger partial charge in [-0.2, -0.15) is 13.2 Å². The summed E-state index contributed by atoms with van der Waals surface area (Å²) in [5.74, 6) is -2.66. The summed E-state index contributed by atoms with van der Waals surface area (Å²) in [5, 5.41) is 3.93. The molecule has 1 N–H and O–H groups in total. The fourth-order valence-corrected chi connectivity index (χ4v) is 5.00. The molecule has 0 spiro atoms. The number of amides is 4. The Hall–Kier alpha value is -3.67. The van der Waals surface area contributed by atoms with Crippen molar-refractivity contribution < 1.29 is 32.4 Å². The average Bonchev–Trinajstić information content (AvgIpc) is 3.60. The van der Waals surface area contributed by atoms with Crippen molar-refractivity contribution in [3.8, 4) is 0 Å². The van der Waals surface area contributed by atoms with Crippen LogP contribution < -0.4 is 10.2 Å². The monoisotopic (exact) mass is 533 g/mol. The van der Waals surface area contributed by atoms with E-state index < -0.39 is 24.0 Å². The molecule has 0 bridgehead atoms. The van der Waals surface area contributed by atoms with Crippen LogP contribution in [-0.4, -0.2) is 64.7 Å². The van der Waals surface area contributed by atoms with Gasteiger partial charge in [0, 0.05) is 18.4 Å². The van der Waals surface area contributed by atoms with Gasteiger partial charge in [0.2, 0.25) is 5.91 Å². The Morgan fingerprint density at radius 1 is 1.08 bits per heavy atom. The van der Waals surface area contributed by atoms with Crippen LogP contribution in [0.3, 0.4) is 0 Å². The molecule has 1 aliphatic carbocycles. The lowest BCUT2D eigenvalue weighted by molar-refractivity contribution is -0.186. The number of rotatable bonds is 7. The first-order chi connectivity index (χ1) is 18.2. The first-order valence-corrected chi connectivity index (χ1v) is 12.5. The van der Waals surface area contributed by atoms with Crippen LogP contribution in [-0.2, 0) is 21.0 Å². The average molecular weight is 534 g/mol. The third-order valence-electron chi connectivity index (χ3n) is 6.82. The number of nitrogens with one attached hydrogen (secondary N) is 1. The highest BCUT2D eigenvalue weighted by atomic mass is 19.4. The van der Waals surface area contributed by atoms with Gasteiger partial charge in [0.05, 0.1) is 19.7 Å². The summed E-state index contributed by atoms with van der Waals surface area (Å²) >= 11 is 0. The van der Waals surface area contributed by atoms with Crippen molar-refractivity contribution in [3.63, 3.8) is 0 Å². The quantitative estimate of drug-likeness (QED) is 0.529. The fourth-order valence-electron chi connectivity index (χ4n) is 5.00. The number of urea groups is 1. The SMILES string of the molecule is CON(C(=O)N(Cc1ccnc(NC(=O)C2CCCN2C(=O)C(F)(F)F)c1)c1ccccc1)C1CCCC1. The summed E-state index contributed by atoms with van der Waals surface area (Å²) < 4.78 is 38.8. The zero-order valence-electron chi connectivity index (χ0n) is 21.0. The molecular weight excluding hydrogens is 503 g/mol. The van der Waals surface area contributed by atoms with Gasteiger partial charge in [0.1, 0.15) is 11.9 Å². The van der Waals surface area contributed by atoms with Crippen molar-refractivity contribution in [2.45, 2.75) is 63.3 Å². The summed E-state index contributed by atoms with van der Waals surface area (Å²) in [4.78, 5) is 49.8. The third kappa shape index (κ3) is 6.24. The van der Waals surface area contributed by atoms with Gasteiger partial charge < -0.3 is 10.2 Å². The smallest absolute Gasteiger partial charge is 0.323 e. The van der Waals surface area contributed by atoms with Crippen LogP contribution in [0.4, 0.5) is 29.5 Å². The van der Waals surface area contributed by atoms with Crippen molar-refractivity contribution in [1.29, 1.82) is 0 Å². The Kier molecular flexibility index (Phi) is 8.50. The lowest BCUT2D eigenvalue weighted by atomic mass is 10.2. The largest absolute Gasteiger partial charge is 0.471 e. The highest BCUT2D eigenvalue weighted by Gasteiger charge is 2.47. The fraction of sp³-hybridized carbons (Fsp3) is 0.462. The molecule has 4 rings (SSSR count). The zero-order valence-corrected chi connectivity index (χ0v) is 21.0. The molecule has 9 nitrogen and oxygen atoms in total. The number of pyridine rings is 1. The molecule has 4 amide bonds. The summed E-state index contributed by atoms with van der Waals surface area (Å²) in [7, 11) is 1.47. The minimum Gasteiger partial charge on any atom is -0.323 e. The van der Waals surface area contributed by atoms with E-state index in [1.165, 1.54) is 18.4 Å². The van der Waals surface area contributed by atoms with Crippen LogP contribution in [0.15, 0.2) is 48.7 Å². The summed E-state index contributed by atoms with van der Waals surface area (Å²) in [6.45, 7) is -0.0159. The van der Waals surface area contributed by atoms with E-state index in [4.69, 9.17) is 4.84 Å². The molecule has 204 valence electrons. The number of anilines is 2. The molecule has 38 heavy (non-hydrogen) atoms. The predicted molar refractivity (Wildman–Crippen MR) is 133 cm³/mol. The number of hydrogen-bond acceptors (Lipinski definition) is 5. The molecule has 1 atom stereocenters. The van der Waals surface area contributed by atoms with Gasteiger partial charge in [0.15, 0.2) is 0 Å². The van der Waals surface area contributed by atoms with Crippen LogP contribution in [0.25, 0.3) is 0 Å². The number of nitrogens with zero attached hydrogens (tertiary/aromatic N) is 4. The molecule has 1 aromatic heterocycles. The lowest BCUT2D eigenvalue weighted by Crippen LogP contribution is -2.48. The lowest BCUT2D eigenvalue weighted by Gasteiger charge is -2.32. The Bertz CT molecular complexity index is 1140. The van der Waals surface area contributed by atoms with E-state index in [2.05, 4.69) is 10.3 Å². The normalized spacial score (nSPS) is 17.9. The Morgan fingerprint density at radius 3 is 2.45 bits per heavy atom. The highest BCUT2D eigenvalue weighted by Crippen LogP contribution is 2.28. The van der Waals surface area contributed by atoms with Crippen LogP contribution in [0.2, 0.25) is 0 Å². The van der Waals surface area contributed by atoms with Gasteiger partial charge in [-0.05, 0) is 55.5 Å². The van der Waals surface area contributed by atoms with Crippen LogP contribution in [0.1, 0.15) is 44.1 Å². The van der Waals surface area contributed by atoms with Crippen LogP contribution in [0, 0.1) is 0 Å². The summed E-state index contributed by atoms with van der Waals surface area (Å²) in [6, 6.07) is 10.7. The van der Waals surface area contributed by atoms with Crippen molar-refractivity contribution in [2.75, 3.05) is 23.9 Å². The van der Waals surface area contributed by atoms with Gasteiger partial charge in [-0.15, -0.1) is 0 Å².